The Hall–Kier alpha value is -2.72. The van der Waals surface area contributed by atoms with E-state index in [2.05, 4.69) is 11.8 Å². The highest BCUT2D eigenvalue weighted by Gasteiger charge is 2.11. The van der Waals surface area contributed by atoms with Crippen molar-refractivity contribution in [3.8, 4) is 24.7 Å². The van der Waals surface area contributed by atoms with Crippen LogP contribution in [0.3, 0.4) is 0 Å². The Morgan fingerprint density at radius 3 is 1.29 bits per heavy atom. The summed E-state index contributed by atoms with van der Waals surface area (Å²) in [5.41, 5.74) is 2.22. The zero-order valence-electron chi connectivity index (χ0n) is 13.3. The lowest BCUT2D eigenvalue weighted by Crippen LogP contribution is -1.90. The first kappa shape index (κ1) is 19.3. The molecule has 0 aromatic heterocycles. The van der Waals surface area contributed by atoms with E-state index in [0.29, 0.717) is 0 Å². The fraction of sp³-hybridized carbons (Fsp3) is 0.200. The van der Waals surface area contributed by atoms with Crippen molar-refractivity contribution in [3.05, 3.63) is 69.8 Å². The maximum atomic E-state index is 12.3. The predicted molar refractivity (Wildman–Crippen MR) is 88.1 cm³/mol. The number of halogens is 4. The van der Waals surface area contributed by atoms with Crippen molar-refractivity contribution in [2.45, 2.75) is 26.7 Å². The van der Waals surface area contributed by atoms with Crippen molar-refractivity contribution in [1.82, 2.24) is 0 Å². The summed E-state index contributed by atoms with van der Waals surface area (Å²) >= 11 is 0. The first-order valence-corrected chi connectivity index (χ1v) is 7.00. The van der Waals surface area contributed by atoms with Gasteiger partial charge in [-0.05, 0) is 37.1 Å². The molecule has 0 saturated heterocycles. The third-order valence-corrected chi connectivity index (χ3v) is 3.20. The monoisotopic (exact) mass is 332 g/mol. The van der Waals surface area contributed by atoms with Crippen LogP contribution in [-0.4, -0.2) is 0 Å². The van der Waals surface area contributed by atoms with Gasteiger partial charge in [0, 0.05) is 22.3 Å². The van der Waals surface area contributed by atoms with Crippen LogP contribution in [0, 0.1) is 38.5 Å². The van der Waals surface area contributed by atoms with Crippen molar-refractivity contribution in [3.63, 3.8) is 0 Å². The molecule has 0 radical (unpaired) electrons. The summed E-state index contributed by atoms with van der Waals surface area (Å²) in [4.78, 5) is 0. The minimum atomic E-state index is -2.49. The van der Waals surface area contributed by atoms with E-state index in [4.69, 9.17) is 12.8 Å². The van der Waals surface area contributed by atoms with Crippen LogP contribution in [0.25, 0.3) is 0 Å². The SMILES string of the molecule is C#Cc1cc(C)ccc1C(F)F.C#Cc1cc(C)ccc1C(F)F. The molecule has 0 saturated carbocycles. The van der Waals surface area contributed by atoms with E-state index in [9.17, 15) is 17.6 Å². The second kappa shape index (κ2) is 8.79. The molecule has 0 aliphatic rings. The molecular formula is C20H16F4. The smallest absolute Gasteiger partial charge is 0.205 e. The molecule has 0 nitrogen and oxygen atoms in total. The molecular weight excluding hydrogens is 316 g/mol. The molecule has 0 bridgehead atoms. The van der Waals surface area contributed by atoms with Gasteiger partial charge in [-0.25, -0.2) is 17.6 Å². The molecule has 0 fully saturated rings. The molecule has 24 heavy (non-hydrogen) atoms. The molecule has 2 aromatic carbocycles. The Balaban J connectivity index is 0.000000240. The fourth-order valence-corrected chi connectivity index (χ4v) is 1.97. The largest absolute Gasteiger partial charge is 0.265 e. The van der Waals surface area contributed by atoms with Gasteiger partial charge in [-0.15, -0.1) is 12.8 Å². The van der Waals surface area contributed by atoms with Crippen LogP contribution in [0.5, 0.6) is 0 Å². The summed E-state index contributed by atoms with van der Waals surface area (Å²) in [6.45, 7) is 3.63. The Bertz CT molecular complexity index is 710. The van der Waals surface area contributed by atoms with Gasteiger partial charge in [0.1, 0.15) is 0 Å². The van der Waals surface area contributed by atoms with Crippen LogP contribution >= 0.6 is 0 Å². The van der Waals surface area contributed by atoms with Gasteiger partial charge in [-0.1, -0.05) is 36.1 Å². The molecule has 4 heteroatoms. The van der Waals surface area contributed by atoms with Crippen molar-refractivity contribution in [2.24, 2.45) is 0 Å². The average Bonchev–Trinajstić information content (AvgIpc) is 2.54. The van der Waals surface area contributed by atoms with Gasteiger partial charge < -0.3 is 0 Å². The quantitative estimate of drug-likeness (QED) is 0.479. The van der Waals surface area contributed by atoms with Gasteiger partial charge in [0.25, 0.3) is 12.9 Å². The van der Waals surface area contributed by atoms with Gasteiger partial charge in [0.2, 0.25) is 0 Å². The van der Waals surface area contributed by atoms with E-state index in [1.807, 2.05) is 13.8 Å². The molecule has 124 valence electrons. The van der Waals surface area contributed by atoms with Crippen molar-refractivity contribution >= 4 is 0 Å². The number of aryl methyl sites for hydroxylation is 2. The second-order valence-corrected chi connectivity index (χ2v) is 5.07. The molecule has 0 amide bonds. The molecule has 0 aliphatic carbocycles. The van der Waals surface area contributed by atoms with E-state index in [0.717, 1.165) is 11.1 Å². The maximum absolute atomic E-state index is 12.3. The number of alkyl halides is 4. The van der Waals surface area contributed by atoms with E-state index in [1.165, 1.54) is 12.1 Å². The molecule has 0 spiro atoms. The Morgan fingerprint density at radius 2 is 1.04 bits per heavy atom. The maximum Gasteiger partial charge on any atom is 0.265 e. The third kappa shape index (κ3) is 5.18. The summed E-state index contributed by atoms with van der Waals surface area (Å²) in [5.74, 6) is 4.48. The standard InChI is InChI=1S/2C10H8F2/c2*1-3-8-6-7(2)4-5-9(8)10(11)12/h2*1,4-6,10H,2H3. The topological polar surface area (TPSA) is 0 Å². The van der Waals surface area contributed by atoms with Crippen LogP contribution < -0.4 is 0 Å². The van der Waals surface area contributed by atoms with Crippen LogP contribution in [0.1, 0.15) is 46.2 Å². The highest BCUT2D eigenvalue weighted by atomic mass is 19.3. The first-order valence-electron chi connectivity index (χ1n) is 7.00. The Kier molecular flexibility index (Phi) is 7.08. The summed E-state index contributed by atoms with van der Waals surface area (Å²) in [6, 6.07) is 9.16. The van der Waals surface area contributed by atoms with Crippen molar-refractivity contribution < 1.29 is 17.6 Å². The lowest BCUT2D eigenvalue weighted by Gasteiger charge is -2.03. The van der Waals surface area contributed by atoms with Crippen molar-refractivity contribution in [1.29, 1.82) is 0 Å². The third-order valence-electron chi connectivity index (χ3n) is 3.20. The lowest BCUT2D eigenvalue weighted by atomic mass is 10.1. The minimum absolute atomic E-state index is 0.0666. The zero-order valence-corrected chi connectivity index (χ0v) is 13.3. The van der Waals surface area contributed by atoms with Crippen LogP contribution in [0.15, 0.2) is 36.4 Å². The van der Waals surface area contributed by atoms with E-state index < -0.39 is 12.9 Å². The van der Waals surface area contributed by atoms with Crippen LogP contribution in [0.4, 0.5) is 17.6 Å². The van der Waals surface area contributed by atoms with Crippen molar-refractivity contribution in [2.75, 3.05) is 0 Å². The summed E-state index contributed by atoms with van der Waals surface area (Å²) < 4.78 is 49.0. The molecule has 2 rings (SSSR count). The molecule has 2 aromatic rings. The number of hydrogen-bond acceptors (Lipinski definition) is 0. The average molecular weight is 332 g/mol. The van der Waals surface area contributed by atoms with E-state index in [-0.39, 0.29) is 22.3 Å². The second-order valence-electron chi connectivity index (χ2n) is 5.07. The van der Waals surface area contributed by atoms with Gasteiger partial charge in [0.15, 0.2) is 0 Å². The number of terminal acetylenes is 2. The predicted octanol–water partition coefficient (Wildman–Crippen LogP) is 5.83. The first-order chi connectivity index (χ1) is 11.3. The highest BCUT2D eigenvalue weighted by Crippen LogP contribution is 2.23. The van der Waals surface area contributed by atoms with E-state index in [1.54, 1.807) is 24.3 Å². The summed E-state index contributed by atoms with van der Waals surface area (Å²) in [7, 11) is 0. The molecule has 0 aliphatic heterocycles. The normalized spacial score (nSPS) is 9.92. The lowest BCUT2D eigenvalue weighted by molar-refractivity contribution is 0.150. The molecule has 0 unspecified atom stereocenters. The van der Waals surface area contributed by atoms with Crippen LogP contribution in [-0.2, 0) is 0 Å². The van der Waals surface area contributed by atoms with Gasteiger partial charge >= 0.3 is 0 Å². The summed E-state index contributed by atoms with van der Waals surface area (Å²) in [6.07, 6.45) is 5.17. The molecule has 0 heterocycles. The Morgan fingerprint density at radius 1 is 0.708 bits per heavy atom. The number of hydrogen-bond donors (Lipinski definition) is 0. The zero-order chi connectivity index (χ0) is 18.3. The summed E-state index contributed by atoms with van der Waals surface area (Å²) in [5, 5.41) is 0. The van der Waals surface area contributed by atoms with E-state index >= 15 is 0 Å². The van der Waals surface area contributed by atoms with Gasteiger partial charge in [-0.2, -0.15) is 0 Å². The van der Waals surface area contributed by atoms with Crippen LogP contribution in [0.2, 0.25) is 0 Å². The highest BCUT2D eigenvalue weighted by molar-refractivity contribution is 5.43. The minimum Gasteiger partial charge on any atom is -0.205 e. The fourth-order valence-electron chi connectivity index (χ4n) is 1.97. The molecule has 0 N–H and O–H groups in total. The number of rotatable bonds is 2. The molecule has 0 atom stereocenters. The Labute approximate surface area is 139 Å². The number of benzene rings is 2. The van der Waals surface area contributed by atoms with Gasteiger partial charge in [0.05, 0.1) is 0 Å². The van der Waals surface area contributed by atoms with Gasteiger partial charge in [-0.3, -0.25) is 0 Å².